The van der Waals surface area contributed by atoms with Crippen molar-refractivity contribution in [2.24, 2.45) is 0 Å². The number of rotatable bonds is 3. The summed E-state index contributed by atoms with van der Waals surface area (Å²) >= 11 is 0. The molecule has 20 heavy (non-hydrogen) atoms. The van der Waals surface area contributed by atoms with Crippen LogP contribution < -0.4 is 10.6 Å². The Morgan fingerprint density at radius 2 is 1.70 bits per heavy atom. The number of urea groups is 1. The van der Waals surface area contributed by atoms with Gasteiger partial charge in [0.25, 0.3) is 0 Å². The predicted octanol–water partition coefficient (Wildman–Crippen LogP) is 1.71. The number of anilines is 1. The van der Waals surface area contributed by atoms with E-state index in [2.05, 4.69) is 10.6 Å². The largest absolute Gasteiger partial charge is 0.341 e. The molecule has 1 aromatic carbocycles. The number of halogens is 2. The van der Waals surface area contributed by atoms with Gasteiger partial charge in [-0.05, 0) is 25.0 Å². The molecule has 5 nitrogen and oxygen atoms in total. The molecule has 0 saturated carbocycles. The van der Waals surface area contributed by atoms with Gasteiger partial charge >= 0.3 is 6.03 Å². The molecule has 0 radical (unpaired) electrons. The van der Waals surface area contributed by atoms with Crippen molar-refractivity contribution >= 4 is 17.6 Å². The molecule has 1 aliphatic rings. The molecular weight excluding hydrogens is 268 g/mol. The van der Waals surface area contributed by atoms with Crippen LogP contribution in [-0.2, 0) is 4.79 Å². The van der Waals surface area contributed by atoms with E-state index in [1.165, 1.54) is 0 Å². The van der Waals surface area contributed by atoms with Gasteiger partial charge in [-0.15, -0.1) is 0 Å². The first-order chi connectivity index (χ1) is 9.54. The van der Waals surface area contributed by atoms with Gasteiger partial charge < -0.3 is 15.5 Å². The number of carbonyl (C=O) groups excluding carboxylic acids is 2. The maximum Gasteiger partial charge on any atom is 0.319 e. The van der Waals surface area contributed by atoms with E-state index in [0.717, 1.165) is 25.0 Å². The number of nitrogens with one attached hydrogen (secondary N) is 2. The Balaban J connectivity index is 1.81. The zero-order valence-corrected chi connectivity index (χ0v) is 10.8. The number of hydrogen-bond acceptors (Lipinski definition) is 2. The molecule has 7 heteroatoms. The van der Waals surface area contributed by atoms with E-state index in [1.54, 1.807) is 4.90 Å². The van der Waals surface area contributed by atoms with Crippen molar-refractivity contribution in [1.82, 2.24) is 10.2 Å². The van der Waals surface area contributed by atoms with E-state index in [4.69, 9.17) is 0 Å². The Labute approximate surface area is 114 Å². The lowest BCUT2D eigenvalue weighted by molar-refractivity contribution is -0.128. The van der Waals surface area contributed by atoms with Gasteiger partial charge in [-0.1, -0.05) is 0 Å². The first-order valence-corrected chi connectivity index (χ1v) is 6.33. The monoisotopic (exact) mass is 283 g/mol. The first kappa shape index (κ1) is 14.2. The minimum absolute atomic E-state index is 0.00591. The van der Waals surface area contributed by atoms with Crippen LogP contribution in [0.15, 0.2) is 18.2 Å². The zero-order chi connectivity index (χ0) is 14.5. The summed E-state index contributed by atoms with van der Waals surface area (Å²) in [6.45, 7) is 1.28. The third-order valence-corrected chi connectivity index (χ3v) is 2.98. The summed E-state index contributed by atoms with van der Waals surface area (Å²) in [4.78, 5) is 24.9. The molecule has 1 heterocycles. The molecule has 0 aromatic heterocycles. The third kappa shape index (κ3) is 3.91. The maximum atomic E-state index is 12.9. The third-order valence-electron chi connectivity index (χ3n) is 2.98. The normalized spacial score (nSPS) is 14.2. The van der Waals surface area contributed by atoms with Gasteiger partial charge in [0.1, 0.15) is 11.6 Å². The summed E-state index contributed by atoms with van der Waals surface area (Å²) in [6.07, 6.45) is 1.95. The van der Waals surface area contributed by atoms with Crippen molar-refractivity contribution in [3.63, 3.8) is 0 Å². The van der Waals surface area contributed by atoms with Crippen LogP contribution in [0.2, 0.25) is 0 Å². The number of carbonyl (C=O) groups is 2. The molecule has 2 rings (SSSR count). The van der Waals surface area contributed by atoms with E-state index in [0.29, 0.717) is 19.2 Å². The van der Waals surface area contributed by atoms with Crippen LogP contribution in [0.1, 0.15) is 12.8 Å². The van der Waals surface area contributed by atoms with E-state index < -0.39 is 17.7 Å². The van der Waals surface area contributed by atoms with Crippen LogP contribution in [0.3, 0.4) is 0 Å². The predicted molar refractivity (Wildman–Crippen MR) is 69.2 cm³/mol. The lowest BCUT2D eigenvalue weighted by atomic mass is 10.3. The van der Waals surface area contributed by atoms with Crippen LogP contribution in [0.25, 0.3) is 0 Å². The van der Waals surface area contributed by atoms with Crippen molar-refractivity contribution in [1.29, 1.82) is 0 Å². The molecule has 0 bridgehead atoms. The number of benzene rings is 1. The van der Waals surface area contributed by atoms with Crippen molar-refractivity contribution < 1.29 is 18.4 Å². The highest BCUT2D eigenvalue weighted by Gasteiger charge is 2.18. The topological polar surface area (TPSA) is 61.4 Å². The Morgan fingerprint density at radius 3 is 2.30 bits per heavy atom. The van der Waals surface area contributed by atoms with Gasteiger partial charge in [0.2, 0.25) is 5.91 Å². The minimum Gasteiger partial charge on any atom is -0.341 e. The number of amides is 3. The van der Waals surface area contributed by atoms with Gasteiger partial charge in [-0.2, -0.15) is 0 Å². The van der Waals surface area contributed by atoms with Gasteiger partial charge in [0.15, 0.2) is 0 Å². The Bertz CT molecular complexity index is 496. The molecule has 3 amide bonds. The zero-order valence-electron chi connectivity index (χ0n) is 10.8. The molecule has 1 saturated heterocycles. The average Bonchev–Trinajstić information content (AvgIpc) is 2.88. The Kier molecular flexibility index (Phi) is 4.49. The maximum absolute atomic E-state index is 12.9. The molecule has 1 aromatic rings. The van der Waals surface area contributed by atoms with Gasteiger partial charge in [-0.25, -0.2) is 13.6 Å². The van der Waals surface area contributed by atoms with Crippen molar-refractivity contribution in [2.45, 2.75) is 12.8 Å². The SMILES string of the molecule is O=C(NCC(=O)N1CCCC1)Nc1cc(F)cc(F)c1. The summed E-state index contributed by atoms with van der Waals surface area (Å²) in [5, 5.41) is 4.63. The molecule has 2 N–H and O–H groups in total. The van der Waals surface area contributed by atoms with Crippen molar-refractivity contribution in [3.05, 3.63) is 29.8 Å². The van der Waals surface area contributed by atoms with Crippen molar-refractivity contribution in [3.8, 4) is 0 Å². The van der Waals surface area contributed by atoms with Crippen LogP contribution in [0.5, 0.6) is 0 Å². The fraction of sp³-hybridized carbons (Fsp3) is 0.385. The van der Waals surface area contributed by atoms with Crippen LogP contribution >= 0.6 is 0 Å². The minimum atomic E-state index is -0.784. The highest BCUT2D eigenvalue weighted by molar-refractivity contribution is 5.92. The highest BCUT2D eigenvalue weighted by Crippen LogP contribution is 2.12. The Hall–Kier alpha value is -2.18. The molecule has 1 aliphatic heterocycles. The molecule has 0 aliphatic carbocycles. The quantitative estimate of drug-likeness (QED) is 0.887. The number of likely N-dealkylation sites (tertiary alicyclic amines) is 1. The van der Waals surface area contributed by atoms with Crippen LogP contribution in [0.4, 0.5) is 19.3 Å². The smallest absolute Gasteiger partial charge is 0.319 e. The van der Waals surface area contributed by atoms with Gasteiger partial charge in [0.05, 0.1) is 6.54 Å². The number of hydrogen-bond donors (Lipinski definition) is 2. The van der Waals surface area contributed by atoms with Crippen LogP contribution in [0, 0.1) is 11.6 Å². The number of nitrogens with zero attached hydrogens (tertiary/aromatic N) is 1. The second-order valence-corrected chi connectivity index (χ2v) is 4.55. The summed E-state index contributed by atoms with van der Waals surface area (Å²) in [7, 11) is 0. The van der Waals surface area contributed by atoms with E-state index >= 15 is 0 Å². The van der Waals surface area contributed by atoms with E-state index in [9.17, 15) is 18.4 Å². The lowest BCUT2D eigenvalue weighted by Gasteiger charge is -2.15. The van der Waals surface area contributed by atoms with Crippen LogP contribution in [-0.4, -0.2) is 36.5 Å². The molecule has 1 fully saturated rings. The fourth-order valence-corrected chi connectivity index (χ4v) is 2.04. The molecule has 0 unspecified atom stereocenters. The Morgan fingerprint density at radius 1 is 1.10 bits per heavy atom. The summed E-state index contributed by atoms with van der Waals surface area (Å²) < 4.78 is 25.8. The highest BCUT2D eigenvalue weighted by atomic mass is 19.1. The molecule has 108 valence electrons. The summed E-state index contributed by atoms with van der Waals surface area (Å²) in [6, 6.07) is 2.01. The molecule has 0 spiro atoms. The van der Waals surface area contributed by atoms with E-state index in [-0.39, 0.29) is 18.1 Å². The van der Waals surface area contributed by atoms with E-state index in [1.807, 2.05) is 0 Å². The fourth-order valence-electron chi connectivity index (χ4n) is 2.04. The summed E-state index contributed by atoms with van der Waals surface area (Å²) in [5.41, 5.74) is -0.00591. The second kappa shape index (κ2) is 6.31. The average molecular weight is 283 g/mol. The lowest BCUT2D eigenvalue weighted by Crippen LogP contribution is -2.40. The molecular formula is C13H15F2N3O2. The standard InChI is InChI=1S/C13H15F2N3O2/c14-9-5-10(15)7-11(6-9)17-13(20)16-8-12(19)18-3-1-2-4-18/h5-7H,1-4,8H2,(H2,16,17,20). The molecule has 0 atom stereocenters. The van der Waals surface area contributed by atoms with Crippen molar-refractivity contribution in [2.75, 3.05) is 25.0 Å². The van der Waals surface area contributed by atoms with Gasteiger partial charge in [0, 0.05) is 24.8 Å². The first-order valence-electron chi connectivity index (χ1n) is 6.33. The van der Waals surface area contributed by atoms with Gasteiger partial charge in [-0.3, -0.25) is 4.79 Å². The second-order valence-electron chi connectivity index (χ2n) is 4.55. The summed E-state index contributed by atoms with van der Waals surface area (Å²) in [5.74, 6) is -1.73.